The van der Waals surface area contributed by atoms with E-state index in [0.717, 1.165) is 0 Å². The van der Waals surface area contributed by atoms with Crippen molar-refractivity contribution in [3.63, 3.8) is 0 Å². The molecule has 0 saturated carbocycles. The Morgan fingerprint density at radius 3 is 2.53 bits per heavy atom. The first kappa shape index (κ1) is 12.0. The van der Waals surface area contributed by atoms with Crippen molar-refractivity contribution < 1.29 is 9.72 Å². The Morgan fingerprint density at radius 2 is 2.13 bits per heavy atom. The number of nitrogens with zero attached hydrogens (tertiary/aromatic N) is 1. The zero-order valence-corrected chi connectivity index (χ0v) is 9.69. The fourth-order valence-electron chi connectivity index (χ4n) is 1.13. The van der Waals surface area contributed by atoms with Crippen molar-refractivity contribution in [2.24, 2.45) is 0 Å². The average molecular weight is 246 g/mol. The van der Waals surface area contributed by atoms with Crippen LogP contribution in [-0.4, -0.2) is 17.0 Å². The lowest BCUT2D eigenvalue weighted by Gasteiger charge is -2.04. The van der Waals surface area contributed by atoms with Crippen molar-refractivity contribution in [2.75, 3.05) is 6.26 Å². The van der Waals surface area contributed by atoms with Gasteiger partial charge in [-0.15, -0.1) is 11.8 Å². The first-order valence-electron chi connectivity index (χ1n) is 4.00. The molecule has 0 fully saturated rings. The van der Waals surface area contributed by atoms with Crippen LogP contribution in [0.5, 0.6) is 0 Å². The highest BCUT2D eigenvalue weighted by Crippen LogP contribution is 2.32. The zero-order chi connectivity index (χ0) is 11.6. The van der Waals surface area contributed by atoms with Gasteiger partial charge >= 0.3 is 0 Å². The van der Waals surface area contributed by atoms with E-state index in [0.29, 0.717) is 9.92 Å². The molecule has 0 bridgehead atoms. The Balaban J connectivity index is 3.45. The SMILES string of the molecule is CSc1cc(C(C)=O)c([N+](=O)[O-])cc1Cl. The van der Waals surface area contributed by atoms with Crippen molar-refractivity contribution in [2.45, 2.75) is 11.8 Å². The molecule has 1 aromatic carbocycles. The average Bonchev–Trinajstić information content (AvgIpc) is 2.16. The molecule has 0 N–H and O–H groups in total. The van der Waals surface area contributed by atoms with Crippen LogP contribution in [0.3, 0.4) is 0 Å². The largest absolute Gasteiger partial charge is 0.294 e. The van der Waals surface area contributed by atoms with Crippen molar-refractivity contribution >= 4 is 34.8 Å². The van der Waals surface area contributed by atoms with E-state index in [1.807, 2.05) is 0 Å². The first-order valence-corrected chi connectivity index (χ1v) is 5.60. The summed E-state index contributed by atoms with van der Waals surface area (Å²) in [5.74, 6) is -0.339. The van der Waals surface area contributed by atoms with Gasteiger partial charge in [-0.25, -0.2) is 0 Å². The number of rotatable bonds is 3. The predicted octanol–water partition coefficient (Wildman–Crippen LogP) is 3.17. The van der Waals surface area contributed by atoms with E-state index in [9.17, 15) is 14.9 Å². The summed E-state index contributed by atoms with van der Waals surface area (Å²) in [7, 11) is 0. The van der Waals surface area contributed by atoms with Gasteiger partial charge in [0, 0.05) is 11.0 Å². The Morgan fingerprint density at radius 1 is 1.53 bits per heavy atom. The van der Waals surface area contributed by atoms with Crippen LogP contribution < -0.4 is 0 Å². The van der Waals surface area contributed by atoms with Gasteiger partial charge in [-0.3, -0.25) is 14.9 Å². The molecular formula is C9H8ClNO3S. The maximum absolute atomic E-state index is 11.2. The normalized spacial score (nSPS) is 10.1. The number of nitro groups is 1. The minimum atomic E-state index is -0.604. The van der Waals surface area contributed by atoms with E-state index in [1.165, 1.54) is 30.8 Å². The third kappa shape index (κ3) is 2.49. The van der Waals surface area contributed by atoms with Gasteiger partial charge in [0.15, 0.2) is 5.78 Å². The number of carbonyl (C=O) groups is 1. The van der Waals surface area contributed by atoms with Crippen LogP contribution in [0.15, 0.2) is 17.0 Å². The molecule has 0 aromatic heterocycles. The predicted molar refractivity (Wildman–Crippen MR) is 59.9 cm³/mol. The highest BCUT2D eigenvalue weighted by atomic mass is 35.5. The van der Waals surface area contributed by atoms with Gasteiger partial charge in [0.05, 0.1) is 15.5 Å². The number of ketones is 1. The molecule has 0 aliphatic carbocycles. The van der Waals surface area contributed by atoms with E-state index in [2.05, 4.69) is 0 Å². The molecule has 15 heavy (non-hydrogen) atoms. The van der Waals surface area contributed by atoms with Crippen LogP contribution in [0, 0.1) is 10.1 Å². The minimum Gasteiger partial charge on any atom is -0.294 e. The summed E-state index contributed by atoms with van der Waals surface area (Å²) in [5, 5.41) is 11.0. The van der Waals surface area contributed by atoms with E-state index in [4.69, 9.17) is 11.6 Å². The smallest absolute Gasteiger partial charge is 0.281 e. The van der Waals surface area contributed by atoms with Crippen LogP contribution in [0.2, 0.25) is 5.02 Å². The summed E-state index contributed by atoms with van der Waals surface area (Å²) in [4.78, 5) is 21.9. The summed E-state index contributed by atoms with van der Waals surface area (Å²) >= 11 is 7.15. The van der Waals surface area contributed by atoms with Gasteiger partial charge in [-0.05, 0) is 19.2 Å². The molecule has 0 unspecified atom stereocenters. The summed E-state index contributed by atoms with van der Waals surface area (Å²) in [6.45, 7) is 1.29. The fraction of sp³-hybridized carbons (Fsp3) is 0.222. The van der Waals surface area contributed by atoms with Gasteiger partial charge < -0.3 is 0 Å². The highest BCUT2D eigenvalue weighted by Gasteiger charge is 2.19. The minimum absolute atomic E-state index is 0.0914. The molecule has 0 spiro atoms. The number of benzene rings is 1. The Hall–Kier alpha value is -1.07. The van der Waals surface area contributed by atoms with Crippen molar-refractivity contribution in [1.29, 1.82) is 0 Å². The van der Waals surface area contributed by atoms with Crippen LogP contribution in [0.25, 0.3) is 0 Å². The topological polar surface area (TPSA) is 60.2 Å². The maximum Gasteiger partial charge on any atom is 0.281 e. The van der Waals surface area contributed by atoms with E-state index < -0.39 is 4.92 Å². The van der Waals surface area contributed by atoms with Crippen molar-refractivity contribution in [1.82, 2.24) is 0 Å². The number of thioether (sulfide) groups is 1. The Labute approximate surface area is 95.8 Å². The molecule has 4 nitrogen and oxygen atoms in total. The molecule has 0 amide bonds. The van der Waals surface area contributed by atoms with Crippen LogP contribution in [0.4, 0.5) is 5.69 Å². The van der Waals surface area contributed by atoms with E-state index in [1.54, 1.807) is 6.26 Å². The third-order valence-corrected chi connectivity index (χ3v) is 3.05. The zero-order valence-electron chi connectivity index (χ0n) is 8.11. The van der Waals surface area contributed by atoms with Crippen molar-refractivity contribution in [3.05, 3.63) is 32.8 Å². The lowest BCUT2D eigenvalue weighted by Crippen LogP contribution is -2.00. The van der Waals surface area contributed by atoms with Gasteiger partial charge in [-0.2, -0.15) is 0 Å². The van der Waals surface area contributed by atoms with Gasteiger partial charge in [0.2, 0.25) is 0 Å². The van der Waals surface area contributed by atoms with Crippen LogP contribution in [0.1, 0.15) is 17.3 Å². The number of hydrogen-bond donors (Lipinski definition) is 0. The summed E-state index contributed by atoms with van der Waals surface area (Å²) in [6.07, 6.45) is 1.79. The summed E-state index contributed by atoms with van der Waals surface area (Å²) in [5.41, 5.74) is -0.154. The number of carbonyl (C=O) groups excluding carboxylic acids is 1. The molecule has 0 aliphatic heterocycles. The standard InChI is InChI=1S/C9H8ClNO3S/c1-5(12)6-3-9(15-2)7(10)4-8(6)11(13)14/h3-4H,1-2H3. The summed E-state index contributed by atoms with van der Waals surface area (Å²) < 4.78 is 0. The maximum atomic E-state index is 11.2. The van der Waals surface area contributed by atoms with Crippen LogP contribution >= 0.6 is 23.4 Å². The second-order valence-electron chi connectivity index (χ2n) is 2.82. The molecule has 0 radical (unpaired) electrons. The second kappa shape index (κ2) is 4.63. The van der Waals surface area contributed by atoms with E-state index in [-0.39, 0.29) is 17.0 Å². The van der Waals surface area contributed by atoms with Gasteiger partial charge in [0.25, 0.3) is 5.69 Å². The first-order chi connectivity index (χ1) is 6.97. The van der Waals surface area contributed by atoms with Gasteiger partial charge in [0.1, 0.15) is 0 Å². The molecule has 0 atom stereocenters. The molecular weight excluding hydrogens is 238 g/mol. The van der Waals surface area contributed by atoms with E-state index >= 15 is 0 Å². The van der Waals surface area contributed by atoms with Crippen molar-refractivity contribution in [3.8, 4) is 0 Å². The molecule has 0 saturated heterocycles. The molecule has 6 heteroatoms. The lowest BCUT2D eigenvalue weighted by atomic mass is 10.1. The summed E-state index contributed by atoms with van der Waals surface area (Å²) in [6, 6.07) is 2.66. The second-order valence-corrected chi connectivity index (χ2v) is 4.07. The molecule has 0 aliphatic rings. The number of hydrogen-bond acceptors (Lipinski definition) is 4. The number of Topliss-reactive ketones (excluding diaryl/α,β-unsaturated/α-hetero) is 1. The molecule has 0 heterocycles. The highest BCUT2D eigenvalue weighted by molar-refractivity contribution is 7.98. The monoisotopic (exact) mass is 245 g/mol. The van der Waals surface area contributed by atoms with Gasteiger partial charge in [-0.1, -0.05) is 11.6 Å². The lowest BCUT2D eigenvalue weighted by molar-refractivity contribution is -0.385. The number of halogens is 1. The van der Waals surface area contributed by atoms with Crippen LogP contribution in [-0.2, 0) is 0 Å². The fourth-order valence-corrected chi connectivity index (χ4v) is 2.01. The Kier molecular flexibility index (Phi) is 3.71. The molecule has 1 aromatic rings. The molecule has 80 valence electrons. The molecule has 1 rings (SSSR count). The number of nitro benzene ring substituents is 1. The Bertz CT molecular complexity index is 434. The third-order valence-electron chi connectivity index (χ3n) is 1.85. The quantitative estimate of drug-likeness (QED) is 0.355.